The van der Waals surface area contributed by atoms with Crippen LogP contribution in [0.15, 0.2) is 0 Å². The van der Waals surface area contributed by atoms with Crippen molar-refractivity contribution in [1.82, 2.24) is 10.2 Å². The van der Waals surface area contributed by atoms with E-state index in [1.54, 1.807) is 0 Å². The van der Waals surface area contributed by atoms with E-state index < -0.39 is 15.9 Å². The molecule has 0 aromatic carbocycles. The van der Waals surface area contributed by atoms with E-state index in [-0.39, 0.29) is 17.5 Å². The molecule has 6 heteroatoms. The fourth-order valence-corrected chi connectivity index (χ4v) is 4.21. The first-order valence-electron chi connectivity index (χ1n) is 5.91. The lowest BCUT2D eigenvalue weighted by Crippen LogP contribution is -2.42. The predicted molar refractivity (Wildman–Crippen MR) is 62.1 cm³/mol. The smallest absolute Gasteiger partial charge is 0.154 e. The van der Waals surface area contributed by atoms with Crippen LogP contribution in [-0.4, -0.2) is 68.3 Å². The normalized spacial score (nSPS) is 34.6. The molecule has 0 radical (unpaired) electrons. The Hall–Kier alpha value is -0.170. The molecule has 0 aromatic heterocycles. The summed E-state index contributed by atoms with van der Waals surface area (Å²) in [5.41, 5.74) is 0. The van der Waals surface area contributed by atoms with Crippen molar-refractivity contribution in [1.29, 1.82) is 0 Å². The van der Waals surface area contributed by atoms with Crippen LogP contribution < -0.4 is 5.32 Å². The van der Waals surface area contributed by atoms with Crippen molar-refractivity contribution < 1.29 is 13.5 Å². The minimum Gasteiger partial charge on any atom is -0.390 e. The van der Waals surface area contributed by atoms with Gasteiger partial charge in [0.1, 0.15) is 0 Å². The number of aliphatic hydroxyl groups excluding tert-OH is 1. The highest BCUT2D eigenvalue weighted by Crippen LogP contribution is 2.12. The number of likely N-dealkylation sites (tertiary alicyclic amines) is 1. The van der Waals surface area contributed by atoms with Crippen LogP contribution >= 0.6 is 0 Å². The topological polar surface area (TPSA) is 69.6 Å². The molecule has 2 atom stereocenters. The second kappa shape index (κ2) is 5.00. The van der Waals surface area contributed by atoms with Gasteiger partial charge in [-0.2, -0.15) is 0 Å². The summed E-state index contributed by atoms with van der Waals surface area (Å²) in [6, 6.07) is -0.271. The van der Waals surface area contributed by atoms with Crippen LogP contribution in [0.25, 0.3) is 0 Å². The van der Waals surface area contributed by atoms with Crippen LogP contribution in [-0.2, 0) is 9.84 Å². The quantitative estimate of drug-likeness (QED) is 0.656. The third kappa shape index (κ3) is 3.16. The highest BCUT2D eigenvalue weighted by molar-refractivity contribution is 7.91. The van der Waals surface area contributed by atoms with Gasteiger partial charge in [0, 0.05) is 19.1 Å². The van der Waals surface area contributed by atoms with Crippen LogP contribution in [0.3, 0.4) is 0 Å². The molecule has 0 spiro atoms. The van der Waals surface area contributed by atoms with Crippen molar-refractivity contribution in [3.63, 3.8) is 0 Å². The summed E-state index contributed by atoms with van der Waals surface area (Å²) < 4.78 is 22.5. The zero-order valence-corrected chi connectivity index (χ0v) is 10.2. The summed E-state index contributed by atoms with van der Waals surface area (Å²) in [5, 5.41) is 12.7. The van der Waals surface area contributed by atoms with E-state index >= 15 is 0 Å². The summed E-state index contributed by atoms with van der Waals surface area (Å²) in [5.74, 6) is -0.0114. The molecular weight excluding hydrogens is 228 g/mol. The van der Waals surface area contributed by atoms with Crippen molar-refractivity contribution in [3.8, 4) is 0 Å². The van der Waals surface area contributed by atoms with Gasteiger partial charge in [-0.15, -0.1) is 0 Å². The first-order valence-corrected chi connectivity index (χ1v) is 7.73. The molecule has 0 bridgehead atoms. The monoisotopic (exact) mass is 248 g/mol. The van der Waals surface area contributed by atoms with Gasteiger partial charge in [0.15, 0.2) is 9.84 Å². The predicted octanol–water partition coefficient (Wildman–Crippen LogP) is -1.17. The lowest BCUT2D eigenvalue weighted by Gasteiger charge is -2.18. The van der Waals surface area contributed by atoms with E-state index in [0.29, 0.717) is 0 Å². The molecule has 16 heavy (non-hydrogen) atoms. The number of hydrogen-bond donors (Lipinski definition) is 2. The van der Waals surface area contributed by atoms with Crippen molar-refractivity contribution in [2.24, 2.45) is 0 Å². The SMILES string of the molecule is O=S1(=O)CC(O)C(NCCN2CCCC2)C1. The van der Waals surface area contributed by atoms with Gasteiger partial charge >= 0.3 is 0 Å². The highest BCUT2D eigenvalue weighted by atomic mass is 32.2. The Morgan fingerprint density at radius 3 is 2.50 bits per heavy atom. The van der Waals surface area contributed by atoms with Crippen LogP contribution in [0.5, 0.6) is 0 Å². The van der Waals surface area contributed by atoms with Gasteiger partial charge < -0.3 is 15.3 Å². The Kier molecular flexibility index (Phi) is 3.84. The fraction of sp³-hybridized carbons (Fsp3) is 1.00. The highest BCUT2D eigenvalue weighted by Gasteiger charge is 2.35. The van der Waals surface area contributed by atoms with E-state index in [9.17, 15) is 13.5 Å². The van der Waals surface area contributed by atoms with E-state index in [1.165, 1.54) is 12.8 Å². The van der Waals surface area contributed by atoms with Crippen molar-refractivity contribution in [2.45, 2.75) is 25.0 Å². The van der Waals surface area contributed by atoms with Gasteiger partial charge in [0.2, 0.25) is 0 Å². The van der Waals surface area contributed by atoms with Gasteiger partial charge in [-0.1, -0.05) is 0 Å². The Morgan fingerprint density at radius 1 is 1.25 bits per heavy atom. The number of hydrogen-bond acceptors (Lipinski definition) is 5. The van der Waals surface area contributed by atoms with E-state index in [0.717, 1.165) is 26.2 Å². The average molecular weight is 248 g/mol. The molecule has 0 aliphatic carbocycles. The maximum atomic E-state index is 11.3. The zero-order chi connectivity index (χ0) is 11.6. The van der Waals surface area contributed by atoms with Gasteiger partial charge in [0.05, 0.1) is 17.6 Å². The second-order valence-corrected chi connectivity index (χ2v) is 6.91. The van der Waals surface area contributed by atoms with Crippen molar-refractivity contribution in [3.05, 3.63) is 0 Å². The Balaban J connectivity index is 1.70. The molecule has 94 valence electrons. The van der Waals surface area contributed by atoms with Gasteiger partial charge in [0.25, 0.3) is 0 Å². The first kappa shape index (κ1) is 12.3. The number of nitrogens with zero attached hydrogens (tertiary/aromatic N) is 1. The summed E-state index contributed by atoms with van der Waals surface area (Å²) in [7, 11) is -3.02. The molecule has 0 saturated carbocycles. The maximum absolute atomic E-state index is 11.3. The number of nitrogens with one attached hydrogen (secondary N) is 1. The summed E-state index contributed by atoms with van der Waals surface area (Å²) in [4.78, 5) is 2.36. The molecule has 2 aliphatic heterocycles. The van der Waals surface area contributed by atoms with Crippen LogP contribution in [0.1, 0.15) is 12.8 Å². The molecule has 0 aromatic rings. The minimum atomic E-state index is -3.02. The number of aliphatic hydroxyl groups is 1. The van der Waals surface area contributed by atoms with E-state index in [1.807, 2.05) is 0 Å². The third-order valence-electron chi connectivity index (χ3n) is 3.36. The molecule has 0 amide bonds. The first-order chi connectivity index (χ1) is 7.57. The van der Waals surface area contributed by atoms with Crippen molar-refractivity contribution >= 4 is 9.84 Å². The standard InChI is InChI=1S/C10H20N2O3S/c13-10-8-16(14,15)7-9(10)11-3-6-12-4-1-2-5-12/h9-11,13H,1-8H2. The number of sulfone groups is 1. The summed E-state index contributed by atoms with van der Waals surface area (Å²) in [6.07, 6.45) is 1.80. The molecule has 5 nitrogen and oxygen atoms in total. The summed E-state index contributed by atoms with van der Waals surface area (Å²) in [6.45, 7) is 4.00. The van der Waals surface area contributed by atoms with Gasteiger partial charge in [-0.3, -0.25) is 0 Å². The molecule has 2 aliphatic rings. The van der Waals surface area contributed by atoms with Crippen molar-refractivity contribution in [2.75, 3.05) is 37.7 Å². The fourth-order valence-electron chi connectivity index (χ4n) is 2.44. The van der Waals surface area contributed by atoms with Gasteiger partial charge in [-0.05, 0) is 25.9 Å². The zero-order valence-electron chi connectivity index (χ0n) is 9.43. The second-order valence-electron chi connectivity index (χ2n) is 4.75. The van der Waals surface area contributed by atoms with E-state index in [2.05, 4.69) is 10.2 Å². The summed E-state index contributed by atoms with van der Waals surface area (Å²) >= 11 is 0. The Morgan fingerprint density at radius 2 is 1.94 bits per heavy atom. The lowest BCUT2D eigenvalue weighted by atomic mass is 10.2. The lowest BCUT2D eigenvalue weighted by molar-refractivity contribution is 0.163. The number of rotatable bonds is 4. The third-order valence-corrected chi connectivity index (χ3v) is 5.07. The van der Waals surface area contributed by atoms with Gasteiger partial charge in [-0.25, -0.2) is 8.42 Å². The molecule has 2 heterocycles. The molecule has 2 N–H and O–H groups in total. The molecule has 2 saturated heterocycles. The Bertz CT molecular complexity index is 325. The maximum Gasteiger partial charge on any atom is 0.154 e. The molecule has 2 rings (SSSR count). The Labute approximate surface area is 96.7 Å². The average Bonchev–Trinajstić information content (AvgIpc) is 2.75. The van der Waals surface area contributed by atoms with E-state index in [4.69, 9.17) is 0 Å². The van der Waals surface area contributed by atoms with Crippen LogP contribution in [0.2, 0.25) is 0 Å². The molecule has 2 unspecified atom stereocenters. The minimum absolute atomic E-state index is 0.0775. The van der Waals surface area contributed by atoms with Crippen LogP contribution in [0, 0.1) is 0 Å². The molecule has 2 fully saturated rings. The molecular formula is C10H20N2O3S. The largest absolute Gasteiger partial charge is 0.390 e. The van der Waals surface area contributed by atoms with Crippen LogP contribution in [0.4, 0.5) is 0 Å².